The van der Waals surface area contributed by atoms with Gasteiger partial charge in [0.05, 0.1) is 12.1 Å². The topological polar surface area (TPSA) is 78.9 Å². The van der Waals surface area contributed by atoms with Crippen LogP contribution >= 0.6 is 0 Å². The number of amides is 1. The third-order valence-electron chi connectivity index (χ3n) is 7.81. The standard InChI is InChI=1S/C32H48N2O4/c1-21-11-10-12-29(36)38-31(24(4)30(37)25(5)33-26(6)35)23(3)14-13-22(2)19-27-15-16-28(34(8)9)20-32(27,7)18-17-21/h10-19,23-25,27-28,30-31,37H,20H2,1-9H3,(H,33,35)/b12-10+,14-13+,18-17+,21-11-,22-19+/t23-,24-,25-,27-,28-,30+,31-,32-/m1/s1. The van der Waals surface area contributed by atoms with E-state index in [1.807, 2.05) is 32.9 Å². The zero-order valence-corrected chi connectivity index (χ0v) is 24.6. The van der Waals surface area contributed by atoms with Crippen molar-refractivity contribution in [2.45, 2.75) is 79.2 Å². The Morgan fingerprint density at radius 2 is 1.82 bits per heavy atom. The van der Waals surface area contributed by atoms with Gasteiger partial charge in [-0.3, -0.25) is 4.79 Å². The summed E-state index contributed by atoms with van der Waals surface area (Å²) in [5, 5.41) is 13.7. The Morgan fingerprint density at radius 1 is 1.13 bits per heavy atom. The lowest BCUT2D eigenvalue weighted by molar-refractivity contribution is -0.151. The van der Waals surface area contributed by atoms with Crippen molar-refractivity contribution in [3.63, 3.8) is 0 Å². The van der Waals surface area contributed by atoms with Crippen LogP contribution in [0.25, 0.3) is 0 Å². The first-order valence-corrected chi connectivity index (χ1v) is 13.6. The summed E-state index contributed by atoms with van der Waals surface area (Å²) in [7, 11) is 4.23. The molecule has 0 aromatic carbocycles. The van der Waals surface area contributed by atoms with Gasteiger partial charge in [-0.05, 0) is 46.7 Å². The van der Waals surface area contributed by atoms with Crippen molar-refractivity contribution in [2.75, 3.05) is 14.1 Å². The van der Waals surface area contributed by atoms with Gasteiger partial charge in [-0.15, -0.1) is 0 Å². The van der Waals surface area contributed by atoms with Crippen molar-refractivity contribution in [2.24, 2.45) is 23.2 Å². The second-order valence-electron chi connectivity index (χ2n) is 11.6. The molecule has 2 N–H and O–H groups in total. The Kier molecular flexibility index (Phi) is 11.5. The maximum Gasteiger partial charge on any atom is 0.331 e. The molecule has 2 aliphatic rings. The summed E-state index contributed by atoms with van der Waals surface area (Å²) in [6.07, 6.45) is 20.0. The first kappa shape index (κ1) is 31.5. The number of rotatable bonds is 5. The molecule has 6 nitrogen and oxygen atoms in total. The van der Waals surface area contributed by atoms with Crippen LogP contribution in [0.5, 0.6) is 0 Å². The predicted molar refractivity (Wildman–Crippen MR) is 155 cm³/mol. The number of hydrogen-bond donors (Lipinski definition) is 2. The van der Waals surface area contributed by atoms with Crippen molar-refractivity contribution in [3.8, 4) is 0 Å². The number of hydrogen-bond acceptors (Lipinski definition) is 5. The van der Waals surface area contributed by atoms with E-state index in [1.165, 1.54) is 13.0 Å². The number of nitrogens with zero attached hydrogens (tertiary/aromatic N) is 1. The van der Waals surface area contributed by atoms with Gasteiger partial charge in [0.1, 0.15) is 6.10 Å². The lowest BCUT2D eigenvalue weighted by Crippen LogP contribution is -2.48. The third kappa shape index (κ3) is 8.95. The van der Waals surface area contributed by atoms with Crippen LogP contribution < -0.4 is 5.32 Å². The molecule has 0 aromatic heterocycles. The molecular weight excluding hydrogens is 476 g/mol. The number of allylic oxidation sites excluding steroid dienone is 9. The van der Waals surface area contributed by atoms with E-state index in [0.29, 0.717) is 6.04 Å². The number of likely N-dealkylation sites (N-methyl/N-ethyl adjacent to an activating group) is 1. The van der Waals surface area contributed by atoms with Gasteiger partial charge in [0.15, 0.2) is 0 Å². The molecule has 0 aromatic rings. The molecule has 6 heteroatoms. The minimum absolute atomic E-state index is 0.0692. The first-order chi connectivity index (χ1) is 17.7. The number of esters is 1. The Hall–Kier alpha value is -2.70. The molecular formula is C32H48N2O4. The van der Waals surface area contributed by atoms with E-state index in [0.717, 1.165) is 17.6 Å². The molecule has 2 rings (SSSR count). The number of cyclic esters (lactones) is 1. The SMILES string of the molecule is CC(=O)N[C@H](C)[C@@H](O)[C@@H](C)[C@@H]1OC(=O)/C=C/C=C(C)\C=C\[C@]2(C)C[C@H](N(C)C)C=C[C@@H]2/C=C(C)/C=C/[C@H]1C. The third-order valence-corrected chi connectivity index (χ3v) is 7.81. The van der Waals surface area contributed by atoms with E-state index in [4.69, 9.17) is 4.74 Å². The average Bonchev–Trinajstić information content (AvgIpc) is 2.84. The molecule has 0 spiro atoms. The molecule has 0 unspecified atom stereocenters. The molecule has 0 fully saturated rings. The lowest BCUT2D eigenvalue weighted by Gasteiger charge is -2.40. The highest BCUT2D eigenvalue weighted by molar-refractivity contribution is 5.82. The number of nitrogens with one attached hydrogen (secondary N) is 1. The minimum atomic E-state index is -0.885. The number of carbonyl (C=O) groups is 2. The van der Waals surface area contributed by atoms with Crippen LogP contribution in [0, 0.1) is 23.2 Å². The molecule has 0 bridgehead atoms. The molecule has 38 heavy (non-hydrogen) atoms. The average molecular weight is 525 g/mol. The van der Waals surface area contributed by atoms with Crippen LogP contribution in [-0.4, -0.2) is 60.3 Å². The molecule has 1 aliphatic carbocycles. The van der Waals surface area contributed by atoms with Crippen LogP contribution in [0.3, 0.4) is 0 Å². The van der Waals surface area contributed by atoms with Crippen molar-refractivity contribution < 1.29 is 19.4 Å². The number of carbonyl (C=O) groups excluding carboxylic acids is 2. The summed E-state index contributed by atoms with van der Waals surface area (Å²) in [5.74, 6) is -1.02. The first-order valence-electron chi connectivity index (χ1n) is 13.6. The number of aliphatic hydroxyl groups is 1. The zero-order chi connectivity index (χ0) is 28.6. The van der Waals surface area contributed by atoms with E-state index in [2.05, 4.69) is 74.6 Å². The Labute approximate surface area is 229 Å². The van der Waals surface area contributed by atoms with Gasteiger partial charge in [-0.25, -0.2) is 4.79 Å². The Morgan fingerprint density at radius 3 is 2.45 bits per heavy atom. The Bertz CT molecular complexity index is 1020. The van der Waals surface area contributed by atoms with E-state index in [-0.39, 0.29) is 23.2 Å². The van der Waals surface area contributed by atoms with Crippen molar-refractivity contribution >= 4 is 11.9 Å². The summed E-state index contributed by atoms with van der Waals surface area (Å²) in [6.45, 7) is 13.4. The van der Waals surface area contributed by atoms with E-state index in [1.54, 1.807) is 13.0 Å². The smallest absolute Gasteiger partial charge is 0.331 e. The highest BCUT2D eigenvalue weighted by Gasteiger charge is 2.36. The fraction of sp³-hybridized carbons (Fsp3) is 0.562. The maximum absolute atomic E-state index is 12.8. The normalized spacial score (nSPS) is 36.3. The molecule has 0 radical (unpaired) electrons. The molecule has 1 amide bonds. The fourth-order valence-corrected chi connectivity index (χ4v) is 5.23. The Balaban J connectivity index is 2.48. The molecule has 1 heterocycles. The second-order valence-corrected chi connectivity index (χ2v) is 11.6. The monoisotopic (exact) mass is 524 g/mol. The molecule has 1 aliphatic heterocycles. The summed E-state index contributed by atoms with van der Waals surface area (Å²) in [6, 6.07) is -0.114. The van der Waals surface area contributed by atoms with Crippen LogP contribution in [0.1, 0.15) is 54.9 Å². The highest BCUT2D eigenvalue weighted by Crippen LogP contribution is 2.41. The molecule has 8 atom stereocenters. The van der Waals surface area contributed by atoms with Crippen LogP contribution in [-0.2, 0) is 14.3 Å². The van der Waals surface area contributed by atoms with Gasteiger partial charge in [-0.1, -0.05) is 86.6 Å². The van der Waals surface area contributed by atoms with Gasteiger partial charge in [0.25, 0.3) is 0 Å². The number of fused-ring (bicyclic) bond motifs is 1. The molecule has 210 valence electrons. The highest BCUT2D eigenvalue weighted by atomic mass is 16.5. The minimum Gasteiger partial charge on any atom is -0.458 e. The summed E-state index contributed by atoms with van der Waals surface area (Å²) in [4.78, 5) is 26.5. The summed E-state index contributed by atoms with van der Waals surface area (Å²) >= 11 is 0. The van der Waals surface area contributed by atoms with Crippen molar-refractivity contribution in [1.82, 2.24) is 10.2 Å². The quantitative estimate of drug-likeness (QED) is 0.384. The van der Waals surface area contributed by atoms with E-state index in [9.17, 15) is 14.7 Å². The molecule has 0 saturated carbocycles. The van der Waals surface area contributed by atoms with Crippen LogP contribution in [0.15, 0.2) is 71.9 Å². The lowest BCUT2D eigenvalue weighted by atomic mass is 9.68. The van der Waals surface area contributed by atoms with E-state index < -0.39 is 30.1 Å². The maximum atomic E-state index is 12.8. The van der Waals surface area contributed by atoms with Crippen molar-refractivity contribution in [1.29, 1.82) is 0 Å². The van der Waals surface area contributed by atoms with Gasteiger partial charge in [-0.2, -0.15) is 0 Å². The van der Waals surface area contributed by atoms with Gasteiger partial charge in [0, 0.05) is 36.8 Å². The van der Waals surface area contributed by atoms with Gasteiger partial charge < -0.3 is 20.1 Å². The van der Waals surface area contributed by atoms with Crippen molar-refractivity contribution in [3.05, 3.63) is 71.9 Å². The summed E-state index contributed by atoms with van der Waals surface area (Å²) in [5.41, 5.74) is 2.09. The van der Waals surface area contributed by atoms with Gasteiger partial charge >= 0.3 is 5.97 Å². The predicted octanol–water partition coefficient (Wildman–Crippen LogP) is 5.14. The number of ether oxygens (including phenoxy) is 1. The van der Waals surface area contributed by atoms with E-state index >= 15 is 0 Å². The van der Waals surface area contributed by atoms with Gasteiger partial charge in [0.2, 0.25) is 5.91 Å². The summed E-state index contributed by atoms with van der Waals surface area (Å²) < 4.78 is 5.88. The van der Waals surface area contributed by atoms with Crippen LogP contribution in [0.4, 0.5) is 0 Å². The van der Waals surface area contributed by atoms with Crippen LogP contribution in [0.2, 0.25) is 0 Å². The number of aliphatic hydroxyl groups excluding tert-OH is 1. The molecule has 0 saturated heterocycles. The zero-order valence-electron chi connectivity index (χ0n) is 24.6. The fourth-order valence-electron chi connectivity index (χ4n) is 5.23. The largest absolute Gasteiger partial charge is 0.458 e. The second kappa shape index (κ2) is 13.9.